The number of nitrogens with zero attached hydrogens (tertiary/aromatic N) is 1. The number of benzene rings is 7. The number of hydrogen-bond acceptors (Lipinski definition) is 3. The maximum Gasteiger partial charge on any atom is 0.135 e. The molecule has 12 rings (SSSR count). The molecule has 3 aliphatic carbocycles. The van der Waals surface area contributed by atoms with E-state index >= 15 is 0 Å². The van der Waals surface area contributed by atoms with Crippen molar-refractivity contribution in [3.8, 4) is 11.1 Å². The van der Waals surface area contributed by atoms with Gasteiger partial charge in [-0.2, -0.15) is 0 Å². The predicted octanol–water partition coefficient (Wildman–Crippen LogP) is 13.9. The lowest BCUT2D eigenvalue weighted by Crippen LogP contribution is -2.22. The van der Waals surface area contributed by atoms with Crippen molar-refractivity contribution in [3.63, 3.8) is 0 Å². The van der Waals surface area contributed by atoms with Crippen LogP contribution in [-0.2, 0) is 5.41 Å². The molecule has 0 fully saturated rings. The zero-order valence-corrected chi connectivity index (χ0v) is 32.7. The molecule has 3 atom stereocenters. The van der Waals surface area contributed by atoms with Crippen LogP contribution in [0.3, 0.4) is 0 Å². The Kier molecular flexibility index (Phi) is 7.29. The Labute approximate surface area is 339 Å². The Morgan fingerprint density at radius 3 is 2.22 bits per heavy atom. The SMILES string of the molecule is CC1(C)c2cc(C3=CCC4CC(c5ccc(C6=NC(c7ccccc7)c7ccccc7N6)cc5)c5ccccc5C4=C3)ccc2-c2cc3c(cc21)oc1ccccc13. The van der Waals surface area contributed by atoms with E-state index in [-0.39, 0.29) is 11.5 Å². The number of rotatable bonds is 4. The van der Waals surface area contributed by atoms with E-state index < -0.39 is 0 Å². The molecule has 3 nitrogen and oxygen atoms in total. The third kappa shape index (κ3) is 5.09. The fourth-order valence-electron chi connectivity index (χ4n) is 10.5. The molecule has 3 heteroatoms. The van der Waals surface area contributed by atoms with E-state index in [1.807, 2.05) is 6.07 Å². The Bertz CT molecular complexity index is 3070. The van der Waals surface area contributed by atoms with E-state index in [4.69, 9.17) is 9.41 Å². The maximum atomic E-state index is 6.34. The van der Waals surface area contributed by atoms with Crippen molar-refractivity contribution >= 4 is 44.6 Å². The number of fused-ring (bicyclic) bond motifs is 10. The van der Waals surface area contributed by atoms with E-state index in [0.29, 0.717) is 11.8 Å². The van der Waals surface area contributed by atoms with Crippen LogP contribution in [0.5, 0.6) is 0 Å². The number of anilines is 1. The highest BCUT2D eigenvalue weighted by Crippen LogP contribution is 2.53. The lowest BCUT2D eigenvalue weighted by molar-refractivity contribution is 0.545. The van der Waals surface area contributed by atoms with E-state index in [1.165, 1.54) is 77.6 Å². The number of amidine groups is 1. The summed E-state index contributed by atoms with van der Waals surface area (Å²) in [5.74, 6) is 1.72. The van der Waals surface area contributed by atoms with Crippen LogP contribution < -0.4 is 5.32 Å². The molecular weight excluding hydrogens is 705 g/mol. The van der Waals surface area contributed by atoms with Crippen molar-refractivity contribution in [2.75, 3.05) is 5.32 Å². The number of furan rings is 1. The number of para-hydroxylation sites is 2. The molecule has 0 spiro atoms. The third-order valence-electron chi connectivity index (χ3n) is 13.5. The van der Waals surface area contributed by atoms with Crippen molar-refractivity contribution in [1.82, 2.24) is 0 Å². The average Bonchev–Trinajstić information content (AvgIpc) is 3.75. The van der Waals surface area contributed by atoms with Gasteiger partial charge < -0.3 is 9.73 Å². The van der Waals surface area contributed by atoms with Crippen LogP contribution >= 0.6 is 0 Å². The van der Waals surface area contributed by atoms with Crippen LogP contribution in [0.25, 0.3) is 44.2 Å². The molecule has 58 heavy (non-hydrogen) atoms. The second-order valence-corrected chi connectivity index (χ2v) is 17.1. The van der Waals surface area contributed by atoms with Crippen LogP contribution in [0.4, 0.5) is 5.69 Å². The van der Waals surface area contributed by atoms with Gasteiger partial charge in [0, 0.05) is 38.9 Å². The topological polar surface area (TPSA) is 37.5 Å². The van der Waals surface area contributed by atoms with E-state index in [1.54, 1.807) is 0 Å². The number of aliphatic imine (C=N–C) groups is 1. The number of allylic oxidation sites excluding steroid dienone is 4. The van der Waals surface area contributed by atoms with Gasteiger partial charge in [-0.15, -0.1) is 0 Å². The molecule has 4 aliphatic rings. The molecule has 0 saturated heterocycles. The highest BCUT2D eigenvalue weighted by Gasteiger charge is 2.38. The van der Waals surface area contributed by atoms with Gasteiger partial charge in [-0.25, -0.2) is 0 Å². The lowest BCUT2D eigenvalue weighted by Gasteiger charge is -2.36. The number of hydrogen-bond donors (Lipinski definition) is 1. The summed E-state index contributed by atoms with van der Waals surface area (Å²) in [6, 6.07) is 57.6. The van der Waals surface area contributed by atoms with Gasteiger partial charge in [0.15, 0.2) is 0 Å². The lowest BCUT2D eigenvalue weighted by atomic mass is 9.68. The fraction of sp³-hybridized carbons (Fsp3) is 0.145. The zero-order chi connectivity index (χ0) is 38.5. The monoisotopic (exact) mass is 746 g/mol. The Morgan fingerprint density at radius 1 is 0.603 bits per heavy atom. The first kappa shape index (κ1) is 33.4. The summed E-state index contributed by atoms with van der Waals surface area (Å²) in [6.07, 6.45) is 7.12. The molecule has 1 aromatic heterocycles. The largest absolute Gasteiger partial charge is 0.456 e. The maximum absolute atomic E-state index is 6.34. The van der Waals surface area contributed by atoms with Crippen LogP contribution in [0, 0.1) is 5.92 Å². The summed E-state index contributed by atoms with van der Waals surface area (Å²) in [4.78, 5) is 5.27. The summed E-state index contributed by atoms with van der Waals surface area (Å²) >= 11 is 0. The first-order valence-corrected chi connectivity index (χ1v) is 20.7. The summed E-state index contributed by atoms with van der Waals surface area (Å²) < 4.78 is 6.34. The van der Waals surface area contributed by atoms with Crippen molar-refractivity contribution in [2.45, 2.75) is 44.1 Å². The predicted molar refractivity (Wildman–Crippen MR) is 240 cm³/mol. The molecule has 1 N–H and O–H groups in total. The van der Waals surface area contributed by atoms with Gasteiger partial charge in [-0.3, -0.25) is 4.99 Å². The molecule has 0 bridgehead atoms. The van der Waals surface area contributed by atoms with Crippen LogP contribution in [0.2, 0.25) is 0 Å². The van der Waals surface area contributed by atoms with E-state index in [9.17, 15) is 0 Å². The van der Waals surface area contributed by atoms with E-state index in [0.717, 1.165) is 41.1 Å². The van der Waals surface area contributed by atoms with Gasteiger partial charge in [0.2, 0.25) is 0 Å². The third-order valence-corrected chi connectivity index (χ3v) is 13.5. The Balaban J connectivity index is 0.852. The first-order chi connectivity index (χ1) is 28.5. The Morgan fingerprint density at radius 2 is 1.34 bits per heavy atom. The highest BCUT2D eigenvalue weighted by molar-refractivity contribution is 6.10. The summed E-state index contributed by atoms with van der Waals surface area (Å²) in [6.45, 7) is 4.73. The molecule has 8 aromatic rings. The summed E-state index contributed by atoms with van der Waals surface area (Å²) in [5.41, 5.74) is 20.1. The molecule has 0 saturated carbocycles. The van der Waals surface area contributed by atoms with Gasteiger partial charge in [-0.1, -0.05) is 153 Å². The average molecular weight is 747 g/mol. The molecule has 2 heterocycles. The zero-order valence-electron chi connectivity index (χ0n) is 32.7. The van der Waals surface area contributed by atoms with Gasteiger partial charge in [0.25, 0.3) is 0 Å². The molecule has 278 valence electrons. The minimum Gasteiger partial charge on any atom is -0.456 e. The van der Waals surface area contributed by atoms with Crippen molar-refractivity contribution in [1.29, 1.82) is 0 Å². The van der Waals surface area contributed by atoms with Gasteiger partial charge >= 0.3 is 0 Å². The number of nitrogens with one attached hydrogen (secondary N) is 1. The minimum absolute atomic E-state index is 0.0397. The van der Waals surface area contributed by atoms with Crippen molar-refractivity contribution in [3.05, 3.63) is 220 Å². The van der Waals surface area contributed by atoms with Crippen LogP contribution in [0.1, 0.15) is 88.7 Å². The first-order valence-electron chi connectivity index (χ1n) is 20.7. The second-order valence-electron chi connectivity index (χ2n) is 17.1. The molecule has 3 unspecified atom stereocenters. The van der Waals surface area contributed by atoms with Gasteiger partial charge in [0.1, 0.15) is 23.0 Å². The normalized spacial score (nSPS) is 19.8. The molecule has 0 amide bonds. The molecule has 1 aliphatic heterocycles. The quantitative estimate of drug-likeness (QED) is 0.195. The fourth-order valence-corrected chi connectivity index (χ4v) is 10.5. The molecular formula is C55H42N2O. The van der Waals surface area contributed by atoms with Crippen molar-refractivity contribution in [2.24, 2.45) is 10.9 Å². The second kappa shape index (κ2) is 12.6. The minimum atomic E-state index is -0.132. The molecule has 7 aromatic carbocycles. The van der Waals surface area contributed by atoms with Crippen molar-refractivity contribution < 1.29 is 4.42 Å². The Hall–Kier alpha value is -6.71. The smallest absolute Gasteiger partial charge is 0.135 e. The molecule has 0 radical (unpaired) electrons. The highest BCUT2D eigenvalue weighted by atomic mass is 16.3. The van der Waals surface area contributed by atoms with Crippen LogP contribution in [-0.4, -0.2) is 5.84 Å². The van der Waals surface area contributed by atoms with Gasteiger partial charge in [-0.05, 0) is 110 Å². The summed E-state index contributed by atoms with van der Waals surface area (Å²) in [5, 5.41) is 6.02. The standard InChI is InChI=1S/C55H42N2O/c1-55(2)48-30-37(26-27-41(48)46-31-47-42-16-9-11-19-51(42)58-52(47)32-49(46)55)36-24-25-38-29-44(39-14-6-7-15-40(39)45(38)28-36)33-20-22-35(23-21-33)54-56-50-18-10-8-17-43(50)53(57-54)34-12-4-3-5-13-34/h3-24,26-28,30-32,38,44,53H,25,29H2,1-2H3,(H,56,57). The summed E-state index contributed by atoms with van der Waals surface area (Å²) in [7, 11) is 0. The van der Waals surface area contributed by atoms with E-state index in [2.05, 4.69) is 183 Å². The van der Waals surface area contributed by atoms with Gasteiger partial charge in [0.05, 0.1) is 0 Å². The van der Waals surface area contributed by atoms with Crippen LogP contribution in [0.15, 0.2) is 179 Å².